The Balaban J connectivity index is 1.89. The second-order valence-electron chi connectivity index (χ2n) is 4.57. The van der Waals surface area contributed by atoms with Gasteiger partial charge in [-0.2, -0.15) is 0 Å². The molecule has 0 aliphatic rings. The van der Waals surface area contributed by atoms with Crippen LogP contribution >= 0.6 is 11.8 Å². The van der Waals surface area contributed by atoms with Crippen molar-refractivity contribution in [1.29, 1.82) is 0 Å². The summed E-state index contributed by atoms with van der Waals surface area (Å²) in [7, 11) is 0. The molecule has 21 heavy (non-hydrogen) atoms. The van der Waals surface area contributed by atoms with Gasteiger partial charge in [-0.05, 0) is 36.8 Å². The normalized spacial score (nSPS) is 10.1. The van der Waals surface area contributed by atoms with Gasteiger partial charge in [0.2, 0.25) is 5.91 Å². The van der Waals surface area contributed by atoms with Gasteiger partial charge in [-0.25, -0.2) is 0 Å². The Morgan fingerprint density at radius 2 is 1.86 bits per heavy atom. The predicted molar refractivity (Wildman–Crippen MR) is 85.2 cm³/mol. The van der Waals surface area contributed by atoms with Gasteiger partial charge in [-0.1, -0.05) is 24.3 Å². The first-order chi connectivity index (χ1) is 10.1. The highest BCUT2D eigenvalue weighted by atomic mass is 32.2. The first-order valence-electron chi connectivity index (χ1n) is 6.44. The topological polar surface area (TPSA) is 72.2 Å². The SMILES string of the molecule is Cc1ccc(SCC(=O)NC(=O)c2ccccc2)c(N)c1. The number of nitrogens with one attached hydrogen (secondary N) is 1. The second-order valence-corrected chi connectivity index (χ2v) is 5.59. The fourth-order valence-electron chi connectivity index (χ4n) is 1.77. The number of hydrogen-bond acceptors (Lipinski definition) is 4. The first kappa shape index (κ1) is 15.1. The maximum atomic E-state index is 11.8. The van der Waals surface area contributed by atoms with Gasteiger partial charge in [-0.15, -0.1) is 11.8 Å². The zero-order valence-corrected chi connectivity index (χ0v) is 12.4. The molecule has 0 atom stereocenters. The van der Waals surface area contributed by atoms with Crippen LogP contribution in [0.5, 0.6) is 0 Å². The summed E-state index contributed by atoms with van der Waals surface area (Å²) in [4.78, 5) is 24.4. The Morgan fingerprint density at radius 3 is 2.52 bits per heavy atom. The Morgan fingerprint density at radius 1 is 1.14 bits per heavy atom. The fourth-order valence-corrected chi connectivity index (χ4v) is 2.52. The lowest BCUT2D eigenvalue weighted by molar-refractivity contribution is -0.117. The summed E-state index contributed by atoms with van der Waals surface area (Å²) in [6.45, 7) is 1.95. The number of benzene rings is 2. The van der Waals surface area contributed by atoms with E-state index in [1.807, 2.05) is 31.2 Å². The van der Waals surface area contributed by atoms with E-state index in [2.05, 4.69) is 5.32 Å². The van der Waals surface area contributed by atoms with E-state index in [0.717, 1.165) is 10.5 Å². The molecule has 0 aliphatic carbocycles. The third kappa shape index (κ3) is 4.36. The van der Waals surface area contributed by atoms with Crippen LogP contribution in [0.25, 0.3) is 0 Å². The molecule has 0 saturated carbocycles. The standard InChI is InChI=1S/C16H16N2O2S/c1-11-7-8-14(13(17)9-11)21-10-15(19)18-16(20)12-5-3-2-4-6-12/h2-9H,10,17H2,1H3,(H,18,19,20). The molecule has 4 nitrogen and oxygen atoms in total. The van der Waals surface area contributed by atoms with Gasteiger partial charge in [0.1, 0.15) is 0 Å². The predicted octanol–water partition coefficient (Wildman–Crippen LogP) is 2.63. The van der Waals surface area contributed by atoms with Crippen LogP contribution in [0.2, 0.25) is 0 Å². The molecule has 3 N–H and O–H groups in total. The van der Waals surface area contributed by atoms with Gasteiger partial charge in [0.15, 0.2) is 0 Å². The second kappa shape index (κ2) is 6.95. The largest absolute Gasteiger partial charge is 0.398 e. The summed E-state index contributed by atoms with van der Waals surface area (Å²) in [5.41, 5.74) is 8.05. The molecule has 2 aromatic carbocycles. The van der Waals surface area contributed by atoms with Gasteiger partial charge in [0.25, 0.3) is 5.91 Å². The van der Waals surface area contributed by atoms with Crippen LogP contribution in [0.3, 0.4) is 0 Å². The summed E-state index contributed by atoms with van der Waals surface area (Å²) >= 11 is 1.31. The van der Waals surface area contributed by atoms with Gasteiger partial charge in [0, 0.05) is 16.1 Å². The van der Waals surface area contributed by atoms with E-state index < -0.39 is 5.91 Å². The molecule has 0 unspecified atom stereocenters. The number of anilines is 1. The van der Waals surface area contributed by atoms with Crippen LogP contribution in [0.1, 0.15) is 15.9 Å². The number of nitrogen functional groups attached to an aromatic ring is 1. The average molecular weight is 300 g/mol. The minimum atomic E-state index is -0.391. The van der Waals surface area contributed by atoms with Crippen molar-refractivity contribution in [2.75, 3.05) is 11.5 Å². The monoisotopic (exact) mass is 300 g/mol. The number of hydrogen-bond donors (Lipinski definition) is 2. The van der Waals surface area contributed by atoms with Crippen molar-refractivity contribution in [2.45, 2.75) is 11.8 Å². The number of imide groups is 1. The smallest absolute Gasteiger partial charge is 0.257 e. The van der Waals surface area contributed by atoms with Crippen molar-refractivity contribution < 1.29 is 9.59 Å². The van der Waals surface area contributed by atoms with Gasteiger partial charge < -0.3 is 5.73 Å². The van der Waals surface area contributed by atoms with E-state index in [1.165, 1.54) is 11.8 Å². The lowest BCUT2D eigenvalue weighted by atomic mass is 10.2. The van der Waals surface area contributed by atoms with E-state index in [4.69, 9.17) is 5.73 Å². The molecule has 108 valence electrons. The highest BCUT2D eigenvalue weighted by Crippen LogP contribution is 2.25. The lowest BCUT2D eigenvalue weighted by Crippen LogP contribution is -2.31. The Labute approximate surface area is 127 Å². The number of aryl methyl sites for hydroxylation is 1. The third-order valence-electron chi connectivity index (χ3n) is 2.81. The third-order valence-corrected chi connectivity index (χ3v) is 3.90. The number of carbonyl (C=O) groups is 2. The Bertz CT molecular complexity index is 657. The quantitative estimate of drug-likeness (QED) is 0.672. The molecular formula is C16H16N2O2S. The van der Waals surface area contributed by atoms with Crippen molar-refractivity contribution in [3.8, 4) is 0 Å². The molecule has 2 amide bonds. The van der Waals surface area contributed by atoms with Crippen molar-refractivity contribution in [1.82, 2.24) is 5.32 Å². The summed E-state index contributed by atoms with van der Waals surface area (Å²) in [6, 6.07) is 14.3. The van der Waals surface area contributed by atoms with Gasteiger partial charge in [0.05, 0.1) is 5.75 Å². The minimum Gasteiger partial charge on any atom is -0.398 e. The summed E-state index contributed by atoms with van der Waals surface area (Å²) in [6.07, 6.45) is 0. The molecule has 0 heterocycles. The van der Waals surface area contributed by atoms with E-state index >= 15 is 0 Å². The molecule has 0 aliphatic heterocycles. The van der Waals surface area contributed by atoms with Gasteiger partial charge in [-0.3, -0.25) is 14.9 Å². The maximum absolute atomic E-state index is 11.8. The molecule has 5 heteroatoms. The summed E-state index contributed by atoms with van der Waals surface area (Å²) in [5.74, 6) is -0.585. The van der Waals surface area contributed by atoms with Crippen LogP contribution in [0.15, 0.2) is 53.4 Å². The van der Waals surface area contributed by atoms with Crippen LogP contribution in [0, 0.1) is 6.92 Å². The van der Waals surface area contributed by atoms with Crippen LogP contribution in [-0.2, 0) is 4.79 Å². The molecule has 0 bridgehead atoms. The van der Waals surface area contributed by atoms with Crippen LogP contribution in [0.4, 0.5) is 5.69 Å². The number of nitrogens with two attached hydrogens (primary N) is 1. The Kier molecular flexibility index (Phi) is 5.00. The number of thioether (sulfide) groups is 1. The number of carbonyl (C=O) groups excluding carboxylic acids is 2. The molecule has 2 aromatic rings. The van der Waals surface area contributed by atoms with Crippen LogP contribution < -0.4 is 11.1 Å². The molecule has 0 fully saturated rings. The molecular weight excluding hydrogens is 284 g/mol. The molecule has 0 saturated heterocycles. The zero-order valence-electron chi connectivity index (χ0n) is 11.6. The van der Waals surface area contributed by atoms with Crippen molar-refractivity contribution in [2.24, 2.45) is 0 Å². The molecule has 0 aromatic heterocycles. The van der Waals surface area contributed by atoms with Crippen molar-refractivity contribution in [3.05, 3.63) is 59.7 Å². The van der Waals surface area contributed by atoms with E-state index in [9.17, 15) is 9.59 Å². The fraction of sp³-hybridized carbons (Fsp3) is 0.125. The lowest BCUT2D eigenvalue weighted by Gasteiger charge is -2.07. The zero-order chi connectivity index (χ0) is 15.2. The highest BCUT2D eigenvalue weighted by Gasteiger charge is 2.11. The van der Waals surface area contributed by atoms with Crippen LogP contribution in [-0.4, -0.2) is 17.6 Å². The maximum Gasteiger partial charge on any atom is 0.257 e. The number of rotatable bonds is 4. The molecule has 2 rings (SSSR count). The molecule has 0 radical (unpaired) electrons. The van der Waals surface area contributed by atoms with Crippen molar-refractivity contribution >= 4 is 29.3 Å². The Hall–Kier alpha value is -2.27. The van der Waals surface area contributed by atoms with Gasteiger partial charge >= 0.3 is 0 Å². The number of amides is 2. The van der Waals surface area contributed by atoms with E-state index in [-0.39, 0.29) is 11.7 Å². The van der Waals surface area contributed by atoms with E-state index in [1.54, 1.807) is 24.3 Å². The van der Waals surface area contributed by atoms with E-state index in [0.29, 0.717) is 11.3 Å². The minimum absolute atomic E-state index is 0.145. The first-order valence-corrected chi connectivity index (χ1v) is 7.43. The van der Waals surface area contributed by atoms with Crippen molar-refractivity contribution in [3.63, 3.8) is 0 Å². The average Bonchev–Trinajstić information content (AvgIpc) is 2.47. The highest BCUT2D eigenvalue weighted by molar-refractivity contribution is 8.00. The summed E-state index contributed by atoms with van der Waals surface area (Å²) in [5, 5.41) is 2.36. The summed E-state index contributed by atoms with van der Waals surface area (Å²) < 4.78 is 0. The molecule has 0 spiro atoms.